The first kappa shape index (κ1) is 24.6. The van der Waals surface area contributed by atoms with Gasteiger partial charge in [0.15, 0.2) is 6.29 Å². The second-order valence-corrected chi connectivity index (χ2v) is 9.08. The van der Waals surface area contributed by atoms with Crippen LogP contribution in [0.5, 0.6) is 5.75 Å². The summed E-state index contributed by atoms with van der Waals surface area (Å²) in [4.78, 5) is 11.3. The SMILES string of the molecule is COC(=O)C/C=C/c1cc(Cl)c(Cc2ccc(OC3CCCCO3)c(C(C)C)c2)c(Cl)c1. The maximum atomic E-state index is 11.3. The van der Waals surface area contributed by atoms with E-state index in [1.807, 2.05) is 24.3 Å². The van der Waals surface area contributed by atoms with Gasteiger partial charge in [0.1, 0.15) is 5.75 Å². The van der Waals surface area contributed by atoms with E-state index in [0.717, 1.165) is 53.9 Å². The van der Waals surface area contributed by atoms with Gasteiger partial charge in [0.05, 0.1) is 20.1 Å². The van der Waals surface area contributed by atoms with Crippen LogP contribution in [-0.2, 0) is 20.7 Å². The third-order valence-corrected chi connectivity index (χ3v) is 6.13. The lowest BCUT2D eigenvalue weighted by Gasteiger charge is -2.25. The number of ether oxygens (including phenoxy) is 3. The highest BCUT2D eigenvalue weighted by atomic mass is 35.5. The second-order valence-electron chi connectivity index (χ2n) is 8.26. The second kappa shape index (κ2) is 11.7. The predicted molar refractivity (Wildman–Crippen MR) is 130 cm³/mol. The number of esters is 1. The van der Waals surface area contributed by atoms with Gasteiger partial charge in [0.2, 0.25) is 0 Å². The van der Waals surface area contributed by atoms with E-state index in [4.69, 9.17) is 32.7 Å². The van der Waals surface area contributed by atoms with Crippen LogP contribution in [-0.4, -0.2) is 26.0 Å². The van der Waals surface area contributed by atoms with Crippen LogP contribution in [0.3, 0.4) is 0 Å². The number of benzene rings is 2. The third kappa shape index (κ3) is 6.74. The minimum absolute atomic E-state index is 0.171. The molecule has 1 unspecified atom stereocenters. The molecule has 1 fully saturated rings. The molecule has 1 saturated heterocycles. The molecule has 0 aromatic heterocycles. The highest BCUT2D eigenvalue weighted by Gasteiger charge is 2.19. The summed E-state index contributed by atoms with van der Waals surface area (Å²) in [6.45, 7) is 5.07. The first-order chi connectivity index (χ1) is 15.4. The number of carbonyl (C=O) groups excluding carboxylic acids is 1. The van der Waals surface area contributed by atoms with Gasteiger partial charge in [-0.25, -0.2) is 0 Å². The quantitative estimate of drug-likeness (QED) is 0.378. The van der Waals surface area contributed by atoms with Crippen LogP contribution < -0.4 is 4.74 Å². The highest BCUT2D eigenvalue weighted by Crippen LogP contribution is 2.33. The Hall–Kier alpha value is -2.01. The summed E-state index contributed by atoms with van der Waals surface area (Å²) >= 11 is 13.1. The minimum Gasteiger partial charge on any atom is -0.469 e. The van der Waals surface area contributed by atoms with E-state index < -0.39 is 0 Å². The number of halogens is 2. The average Bonchev–Trinajstić information content (AvgIpc) is 2.77. The summed E-state index contributed by atoms with van der Waals surface area (Å²) in [5, 5.41) is 1.19. The van der Waals surface area contributed by atoms with Crippen LogP contribution in [0.4, 0.5) is 0 Å². The Morgan fingerprint density at radius 2 is 1.94 bits per heavy atom. The molecule has 32 heavy (non-hydrogen) atoms. The molecule has 6 heteroatoms. The number of carbonyl (C=O) groups is 1. The Balaban J connectivity index is 1.77. The van der Waals surface area contributed by atoms with Crippen LogP contribution in [0.2, 0.25) is 10.0 Å². The summed E-state index contributed by atoms with van der Waals surface area (Å²) in [5.74, 6) is 0.888. The van der Waals surface area contributed by atoms with Crippen molar-refractivity contribution in [2.75, 3.05) is 13.7 Å². The van der Waals surface area contributed by atoms with Gasteiger partial charge in [0.25, 0.3) is 0 Å². The van der Waals surface area contributed by atoms with Gasteiger partial charge in [0, 0.05) is 22.9 Å². The van der Waals surface area contributed by atoms with Crippen molar-refractivity contribution in [1.82, 2.24) is 0 Å². The zero-order valence-corrected chi connectivity index (χ0v) is 20.3. The lowest BCUT2D eigenvalue weighted by atomic mass is 9.96. The molecule has 2 aromatic rings. The summed E-state index contributed by atoms with van der Waals surface area (Å²) < 4.78 is 16.5. The monoisotopic (exact) mass is 476 g/mol. The van der Waals surface area contributed by atoms with Crippen molar-refractivity contribution in [1.29, 1.82) is 0 Å². The maximum Gasteiger partial charge on any atom is 0.309 e. The Bertz CT molecular complexity index is 939. The molecule has 0 bridgehead atoms. The Morgan fingerprint density at radius 1 is 1.19 bits per heavy atom. The largest absolute Gasteiger partial charge is 0.469 e. The summed E-state index contributed by atoms with van der Waals surface area (Å²) in [6.07, 6.45) is 7.34. The third-order valence-electron chi connectivity index (χ3n) is 5.46. The molecule has 1 atom stereocenters. The molecule has 1 aliphatic heterocycles. The van der Waals surface area contributed by atoms with Gasteiger partial charge in [-0.15, -0.1) is 0 Å². The number of hydrogen-bond acceptors (Lipinski definition) is 4. The van der Waals surface area contributed by atoms with Gasteiger partial charge < -0.3 is 14.2 Å². The molecule has 0 aliphatic carbocycles. The van der Waals surface area contributed by atoms with Crippen LogP contribution >= 0.6 is 23.2 Å². The lowest BCUT2D eigenvalue weighted by molar-refractivity contribution is -0.139. The lowest BCUT2D eigenvalue weighted by Crippen LogP contribution is -2.25. The molecule has 0 saturated carbocycles. The Morgan fingerprint density at radius 3 is 2.56 bits per heavy atom. The molecule has 2 aromatic carbocycles. The molecule has 0 N–H and O–H groups in total. The van der Waals surface area contributed by atoms with E-state index in [0.29, 0.717) is 22.4 Å². The van der Waals surface area contributed by atoms with Crippen LogP contribution in [0.1, 0.15) is 67.7 Å². The number of rotatable bonds is 8. The van der Waals surface area contributed by atoms with E-state index in [9.17, 15) is 4.79 Å². The van der Waals surface area contributed by atoms with Crippen molar-refractivity contribution >= 4 is 35.2 Å². The maximum absolute atomic E-state index is 11.3. The van der Waals surface area contributed by atoms with Crippen molar-refractivity contribution < 1.29 is 19.0 Å². The van der Waals surface area contributed by atoms with Crippen molar-refractivity contribution in [3.8, 4) is 5.75 Å². The smallest absolute Gasteiger partial charge is 0.309 e. The first-order valence-electron chi connectivity index (χ1n) is 11.0. The molecular formula is C26H30Cl2O4. The zero-order chi connectivity index (χ0) is 23.1. The van der Waals surface area contributed by atoms with Gasteiger partial charge in [-0.2, -0.15) is 0 Å². The molecular weight excluding hydrogens is 447 g/mol. The van der Waals surface area contributed by atoms with E-state index >= 15 is 0 Å². The number of hydrogen-bond donors (Lipinski definition) is 0. The predicted octanol–water partition coefficient (Wildman–Crippen LogP) is 7.19. The van der Waals surface area contributed by atoms with Gasteiger partial charge in [-0.3, -0.25) is 4.79 Å². The molecule has 3 rings (SSSR count). The van der Waals surface area contributed by atoms with Crippen molar-refractivity contribution in [3.05, 3.63) is 68.7 Å². The summed E-state index contributed by atoms with van der Waals surface area (Å²) in [7, 11) is 1.37. The van der Waals surface area contributed by atoms with E-state index in [-0.39, 0.29) is 18.7 Å². The Labute approximate surface area is 200 Å². The Kier molecular flexibility index (Phi) is 9.03. The summed E-state index contributed by atoms with van der Waals surface area (Å²) in [5.41, 5.74) is 3.97. The van der Waals surface area contributed by atoms with E-state index in [1.54, 1.807) is 6.08 Å². The van der Waals surface area contributed by atoms with Crippen LogP contribution in [0.25, 0.3) is 6.08 Å². The molecule has 1 aliphatic rings. The van der Waals surface area contributed by atoms with Crippen molar-refractivity contribution in [2.24, 2.45) is 0 Å². The molecule has 172 valence electrons. The normalized spacial score (nSPS) is 16.5. The highest BCUT2D eigenvalue weighted by molar-refractivity contribution is 6.36. The molecule has 0 spiro atoms. The molecule has 4 nitrogen and oxygen atoms in total. The van der Waals surface area contributed by atoms with Crippen LogP contribution in [0, 0.1) is 0 Å². The molecule has 1 heterocycles. The van der Waals surface area contributed by atoms with Gasteiger partial charge >= 0.3 is 5.97 Å². The topological polar surface area (TPSA) is 44.8 Å². The minimum atomic E-state index is -0.293. The fraction of sp³-hybridized carbons (Fsp3) is 0.423. The van der Waals surface area contributed by atoms with Gasteiger partial charge in [-0.05, 0) is 59.2 Å². The van der Waals surface area contributed by atoms with Crippen molar-refractivity contribution in [3.63, 3.8) is 0 Å². The average molecular weight is 477 g/mol. The number of methoxy groups -OCH3 is 1. The molecule has 0 radical (unpaired) electrons. The standard InChI is InChI=1S/C26H30Cl2O4/c1-17(2)20-13-19(10-11-24(20)32-26-9-4-5-12-31-26)14-21-22(27)15-18(16-23(21)28)7-6-8-25(29)30-3/h6-7,10-11,13,15-17,26H,4-5,8-9,12,14H2,1-3H3/b7-6+. The van der Waals surface area contributed by atoms with E-state index in [2.05, 4.69) is 30.7 Å². The first-order valence-corrected chi connectivity index (χ1v) is 11.7. The fourth-order valence-electron chi connectivity index (χ4n) is 3.68. The van der Waals surface area contributed by atoms with Crippen molar-refractivity contribution in [2.45, 2.75) is 58.2 Å². The fourth-order valence-corrected chi connectivity index (χ4v) is 4.32. The summed E-state index contributed by atoms with van der Waals surface area (Å²) in [6, 6.07) is 9.96. The molecule has 0 amide bonds. The zero-order valence-electron chi connectivity index (χ0n) is 18.8. The van der Waals surface area contributed by atoms with Crippen LogP contribution in [0.15, 0.2) is 36.4 Å². The van der Waals surface area contributed by atoms with Gasteiger partial charge in [-0.1, -0.05) is 61.3 Å². The van der Waals surface area contributed by atoms with E-state index in [1.165, 1.54) is 7.11 Å².